The Labute approximate surface area is 154 Å². The molecule has 0 amide bonds. The van der Waals surface area contributed by atoms with Gasteiger partial charge in [0.05, 0.1) is 30.0 Å². The molecule has 0 N–H and O–H groups in total. The predicted octanol–water partition coefficient (Wildman–Crippen LogP) is 4.71. The zero-order chi connectivity index (χ0) is 17.6. The Morgan fingerprint density at radius 1 is 1.12 bits per heavy atom. The Kier molecular flexibility index (Phi) is 5.95. The van der Waals surface area contributed by atoms with Gasteiger partial charge in [-0.25, -0.2) is 0 Å². The van der Waals surface area contributed by atoms with Crippen molar-refractivity contribution in [3.63, 3.8) is 0 Å². The first-order chi connectivity index (χ1) is 12.1. The summed E-state index contributed by atoms with van der Waals surface area (Å²) in [6.07, 6.45) is 1.91. The van der Waals surface area contributed by atoms with Gasteiger partial charge in [-0.05, 0) is 61.9 Å². The molecule has 2 aromatic carbocycles. The summed E-state index contributed by atoms with van der Waals surface area (Å²) in [5, 5.41) is 0.598. The quantitative estimate of drug-likeness (QED) is 0.725. The van der Waals surface area contributed by atoms with Gasteiger partial charge in [-0.15, -0.1) is 0 Å². The third-order valence-corrected chi connectivity index (χ3v) is 4.20. The zero-order valence-electron chi connectivity index (χ0n) is 14.6. The maximum atomic E-state index is 6.26. The first-order valence-electron chi connectivity index (χ1n) is 8.55. The maximum absolute atomic E-state index is 6.26. The topological polar surface area (TPSA) is 34.1 Å². The van der Waals surface area contributed by atoms with E-state index in [2.05, 4.69) is 22.0 Å². The fraction of sp³-hybridized carbons (Fsp3) is 0.350. The van der Waals surface area contributed by atoms with Crippen molar-refractivity contribution in [1.82, 2.24) is 0 Å². The Morgan fingerprint density at radius 3 is 2.48 bits per heavy atom. The highest BCUT2D eigenvalue weighted by Gasteiger charge is 2.10. The lowest BCUT2D eigenvalue weighted by Crippen LogP contribution is -2.36. The minimum atomic E-state index is 0.0991. The first kappa shape index (κ1) is 17.8. The summed E-state index contributed by atoms with van der Waals surface area (Å²) >= 11 is 6.26. The monoisotopic (exact) mass is 358 g/mol. The van der Waals surface area contributed by atoms with E-state index in [1.54, 1.807) is 0 Å². The summed E-state index contributed by atoms with van der Waals surface area (Å²) in [7, 11) is 0. The minimum absolute atomic E-state index is 0.0991. The average Bonchev–Trinajstić information content (AvgIpc) is 2.63. The predicted molar refractivity (Wildman–Crippen MR) is 104 cm³/mol. The van der Waals surface area contributed by atoms with Crippen molar-refractivity contribution in [3.8, 4) is 5.75 Å². The summed E-state index contributed by atoms with van der Waals surface area (Å²) in [5.41, 5.74) is 3.06. The van der Waals surface area contributed by atoms with Gasteiger partial charge < -0.3 is 14.4 Å². The maximum Gasteiger partial charge on any atom is 0.138 e. The number of ether oxygens (including phenoxy) is 2. The summed E-state index contributed by atoms with van der Waals surface area (Å²) in [6.45, 7) is 7.41. The molecule has 1 aliphatic rings. The van der Waals surface area contributed by atoms with Crippen LogP contribution in [0.3, 0.4) is 0 Å². The molecular formula is C20H23ClN2O2. The largest absolute Gasteiger partial charge is 0.489 e. The van der Waals surface area contributed by atoms with Crippen LogP contribution in [0.4, 0.5) is 11.4 Å². The number of anilines is 1. The Morgan fingerprint density at radius 2 is 1.84 bits per heavy atom. The van der Waals surface area contributed by atoms with E-state index >= 15 is 0 Å². The summed E-state index contributed by atoms with van der Waals surface area (Å²) < 4.78 is 11.0. The Balaban J connectivity index is 1.66. The normalized spacial score (nSPS) is 15.1. The molecule has 0 spiro atoms. The molecule has 1 saturated heterocycles. The van der Waals surface area contributed by atoms with E-state index in [1.165, 1.54) is 5.69 Å². The second kappa shape index (κ2) is 8.37. The van der Waals surface area contributed by atoms with Crippen molar-refractivity contribution in [1.29, 1.82) is 0 Å². The standard InChI is InChI=1S/C20H23ClN2O2/c1-15(2)25-20-8-3-16(13-19(20)21)14-22-17-4-6-18(7-5-17)23-9-11-24-12-10-23/h3-8,13-15H,9-12H2,1-2H3. The average molecular weight is 359 g/mol. The van der Waals surface area contributed by atoms with Crippen LogP contribution in [0, 0.1) is 0 Å². The van der Waals surface area contributed by atoms with E-state index in [-0.39, 0.29) is 6.10 Å². The highest BCUT2D eigenvalue weighted by molar-refractivity contribution is 6.32. The van der Waals surface area contributed by atoms with Gasteiger partial charge in [-0.1, -0.05) is 11.6 Å². The molecule has 132 valence electrons. The van der Waals surface area contributed by atoms with Crippen molar-refractivity contribution in [3.05, 3.63) is 53.1 Å². The van der Waals surface area contributed by atoms with Crippen LogP contribution >= 0.6 is 11.6 Å². The van der Waals surface area contributed by atoms with Gasteiger partial charge in [0.15, 0.2) is 0 Å². The number of rotatable bonds is 5. The molecule has 0 aromatic heterocycles. The molecular weight excluding hydrogens is 336 g/mol. The highest BCUT2D eigenvalue weighted by Crippen LogP contribution is 2.26. The SMILES string of the molecule is CC(C)Oc1ccc(C=Nc2ccc(N3CCOCC3)cc2)cc1Cl. The van der Waals surface area contributed by atoms with Gasteiger partial charge in [-0.3, -0.25) is 4.99 Å². The number of hydrogen-bond donors (Lipinski definition) is 0. The Bertz CT molecular complexity index is 723. The molecule has 0 radical (unpaired) electrons. The molecule has 2 aromatic rings. The lowest BCUT2D eigenvalue weighted by atomic mass is 10.2. The fourth-order valence-electron chi connectivity index (χ4n) is 2.67. The second-order valence-electron chi connectivity index (χ2n) is 6.23. The third-order valence-electron chi connectivity index (χ3n) is 3.91. The van der Waals surface area contributed by atoms with Crippen LogP contribution in [-0.4, -0.2) is 38.6 Å². The Hall–Kier alpha value is -2.04. The highest BCUT2D eigenvalue weighted by atomic mass is 35.5. The molecule has 4 nitrogen and oxygen atoms in total. The van der Waals surface area contributed by atoms with E-state index in [9.17, 15) is 0 Å². The van der Waals surface area contributed by atoms with E-state index in [4.69, 9.17) is 21.1 Å². The molecule has 0 bridgehead atoms. The molecule has 1 heterocycles. The molecule has 1 fully saturated rings. The van der Waals surface area contributed by atoms with Crippen molar-refractivity contribution < 1.29 is 9.47 Å². The first-order valence-corrected chi connectivity index (χ1v) is 8.92. The summed E-state index contributed by atoms with van der Waals surface area (Å²) in [4.78, 5) is 6.85. The van der Waals surface area contributed by atoms with Crippen molar-refractivity contribution in [2.45, 2.75) is 20.0 Å². The van der Waals surface area contributed by atoms with Crippen molar-refractivity contribution >= 4 is 29.2 Å². The molecule has 1 aliphatic heterocycles. The number of hydrogen-bond acceptors (Lipinski definition) is 4. The van der Waals surface area contributed by atoms with Crippen LogP contribution in [-0.2, 0) is 4.74 Å². The molecule has 25 heavy (non-hydrogen) atoms. The van der Waals surface area contributed by atoms with Crippen molar-refractivity contribution in [2.24, 2.45) is 4.99 Å². The van der Waals surface area contributed by atoms with Crippen LogP contribution in [0.5, 0.6) is 5.75 Å². The van der Waals surface area contributed by atoms with Crippen LogP contribution in [0.1, 0.15) is 19.4 Å². The lowest BCUT2D eigenvalue weighted by molar-refractivity contribution is 0.122. The molecule has 0 saturated carbocycles. The molecule has 5 heteroatoms. The number of aliphatic imine (C=N–C) groups is 1. The fourth-order valence-corrected chi connectivity index (χ4v) is 2.90. The van der Waals surface area contributed by atoms with E-state index in [0.717, 1.165) is 37.6 Å². The van der Waals surface area contributed by atoms with Gasteiger partial charge in [0.25, 0.3) is 0 Å². The van der Waals surface area contributed by atoms with E-state index in [0.29, 0.717) is 10.8 Å². The summed E-state index contributed by atoms with van der Waals surface area (Å²) in [5.74, 6) is 0.698. The molecule has 0 unspecified atom stereocenters. The third kappa shape index (κ3) is 4.97. The van der Waals surface area contributed by atoms with Crippen LogP contribution in [0.15, 0.2) is 47.5 Å². The van der Waals surface area contributed by atoms with Gasteiger partial charge in [0, 0.05) is 25.0 Å². The second-order valence-corrected chi connectivity index (χ2v) is 6.64. The smallest absolute Gasteiger partial charge is 0.138 e. The molecule has 0 aliphatic carbocycles. The molecule has 0 atom stereocenters. The van der Waals surface area contributed by atoms with E-state index < -0.39 is 0 Å². The number of halogens is 1. The van der Waals surface area contributed by atoms with Gasteiger partial charge in [-0.2, -0.15) is 0 Å². The van der Waals surface area contributed by atoms with Crippen LogP contribution in [0.25, 0.3) is 0 Å². The summed E-state index contributed by atoms with van der Waals surface area (Å²) in [6, 6.07) is 14.0. The zero-order valence-corrected chi connectivity index (χ0v) is 15.4. The van der Waals surface area contributed by atoms with E-state index in [1.807, 2.05) is 50.4 Å². The van der Waals surface area contributed by atoms with Crippen molar-refractivity contribution in [2.75, 3.05) is 31.2 Å². The lowest BCUT2D eigenvalue weighted by Gasteiger charge is -2.28. The number of benzene rings is 2. The molecule has 3 rings (SSSR count). The van der Waals surface area contributed by atoms with Gasteiger partial charge in [0.2, 0.25) is 0 Å². The van der Waals surface area contributed by atoms with Crippen LogP contribution in [0.2, 0.25) is 5.02 Å². The number of nitrogens with zero attached hydrogens (tertiary/aromatic N) is 2. The van der Waals surface area contributed by atoms with Gasteiger partial charge in [0.1, 0.15) is 5.75 Å². The number of morpholine rings is 1. The van der Waals surface area contributed by atoms with Gasteiger partial charge >= 0.3 is 0 Å². The van der Waals surface area contributed by atoms with Crippen LogP contribution < -0.4 is 9.64 Å². The minimum Gasteiger partial charge on any atom is -0.489 e.